The van der Waals surface area contributed by atoms with Crippen LogP contribution >= 0.6 is 0 Å². The van der Waals surface area contributed by atoms with Crippen LogP contribution in [0.2, 0.25) is 0 Å². The van der Waals surface area contributed by atoms with Gasteiger partial charge >= 0.3 is 5.97 Å². The lowest BCUT2D eigenvalue weighted by Crippen LogP contribution is -2.26. The summed E-state index contributed by atoms with van der Waals surface area (Å²) in [6.07, 6.45) is 0.759. The molecule has 0 saturated heterocycles. The van der Waals surface area contributed by atoms with E-state index in [4.69, 9.17) is 5.73 Å². The minimum atomic E-state index is -0.921. The Hall–Kier alpha value is -3.13. The van der Waals surface area contributed by atoms with Crippen LogP contribution in [-0.4, -0.2) is 31.7 Å². The van der Waals surface area contributed by atoms with Crippen LogP contribution in [0, 0.1) is 17.7 Å². The maximum atomic E-state index is 14.9. The highest BCUT2D eigenvalue weighted by molar-refractivity contribution is 5.71. The van der Waals surface area contributed by atoms with Crippen LogP contribution in [0.25, 0.3) is 11.1 Å². The highest BCUT2D eigenvalue weighted by atomic mass is 19.1. The maximum absolute atomic E-state index is 14.9. The lowest BCUT2D eigenvalue weighted by molar-refractivity contribution is -0.143. The normalized spacial score (nSPS) is 13.4. The van der Waals surface area contributed by atoms with Crippen molar-refractivity contribution in [2.75, 3.05) is 0 Å². The molecule has 0 unspecified atom stereocenters. The number of carbonyl (C=O) groups is 1. The number of hydrogen-bond acceptors (Lipinski definition) is 5. The molecule has 0 radical (unpaired) electrons. The molecule has 0 aliphatic carbocycles. The number of benzene rings is 2. The van der Waals surface area contributed by atoms with E-state index >= 15 is 0 Å². The molecule has 4 N–H and O–H groups in total. The highest BCUT2D eigenvalue weighted by Crippen LogP contribution is 2.32. The van der Waals surface area contributed by atoms with E-state index in [2.05, 4.69) is 20.6 Å². The predicted octanol–water partition coefficient (Wildman–Crippen LogP) is 3.54. The molecule has 0 bridgehead atoms. The molecule has 2 atom stereocenters. The molecule has 1 heterocycles. The van der Waals surface area contributed by atoms with Gasteiger partial charge in [0, 0.05) is 18.0 Å². The number of aromatic nitrogens is 4. The minimum Gasteiger partial charge on any atom is -0.481 e. The second-order valence-corrected chi connectivity index (χ2v) is 7.87. The fourth-order valence-electron chi connectivity index (χ4n) is 3.68. The predicted molar refractivity (Wildman–Crippen MR) is 111 cm³/mol. The third-order valence-corrected chi connectivity index (χ3v) is 5.21. The second-order valence-electron chi connectivity index (χ2n) is 7.87. The number of nitrogens with one attached hydrogen (secondary N) is 1. The highest BCUT2D eigenvalue weighted by Gasteiger charge is 2.33. The standard InChI is InChI=1S/C22H26FN5O2/c1-13(2)9-19(22(29)30)18(21-25-27-28-26-21)10-15-5-8-17(20(23)11-15)16-6-3-14(12-24)4-7-16/h3-8,11,13,18-19H,9-10,12,24H2,1-2H3,(H,29,30)(H,25,26,27,28)/t18-,19-/m0/s1. The number of nitrogens with zero attached hydrogens (tertiary/aromatic N) is 3. The number of carboxylic acid groups (broad SMARTS) is 1. The summed E-state index contributed by atoms with van der Waals surface area (Å²) in [6, 6.07) is 12.4. The second kappa shape index (κ2) is 9.58. The molecule has 0 aliphatic rings. The zero-order chi connectivity index (χ0) is 21.7. The number of nitrogens with two attached hydrogens (primary N) is 1. The molecule has 8 heteroatoms. The Morgan fingerprint density at radius 2 is 1.87 bits per heavy atom. The summed E-state index contributed by atoms with van der Waals surface area (Å²) < 4.78 is 14.9. The lowest BCUT2D eigenvalue weighted by atomic mass is 9.81. The Bertz CT molecular complexity index is 974. The van der Waals surface area contributed by atoms with Crippen LogP contribution in [0.15, 0.2) is 42.5 Å². The Kier molecular flexibility index (Phi) is 6.89. The number of aliphatic carboxylic acids is 1. The van der Waals surface area contributed by atoms with Crippen molar-refractivity contribution in [2.24, 2.45) is 17.6 Å². The molecule has 0 fully saturated rings. The third kappa shape index (κ3) is 5.07. The van der Waals surface area contributed by atoms with Crippen LogP contribution in [0.4, 0.5) is 4.39 Å². The van der Waals surface area contributed by atoms with Gasteiger partial charge in [0.15, 0.2) is 5.82 Å². The average Bonchev–Trinajstić information content (AvgIpc) is 3.25. The van der Waals surface area contributed by atoms with Crippen molar-refractivity contribution >= 4 is 5.97 Å². The summed E-state index contributed by atoms with van der Waals surface area (Å²) in [6.45, 7) is 4.36. The topological polar surface area (TPSA) is 118 Å². The average molecular weight is 411 g/mol. The number of halogens is 1. The summed E-state index contributed by atoms with van der Waals surface area (Å²) in [7, 11) is 0. The molecule has 1 aromatic heterocycles. The molecule has 0 aliphatic heterocycles. The molecule has 0 amide bonds. The van der Waals surface area contributed by atoms with E-state index in [1.807, 2.05) is 44.2 Å². The van der Waals surface area contributed by atoms with Crippen LogP contribution in [0.3, 0.4) is 0 Å². The Morgan fingerprint density at radius 1 is 1.17 bits per heavy atom. The van der Waals surface area contributed by atoms with E-state index in [0.29, 0.717) is 36.3 Å². The van der Waals surface area contributed by atoms with E-state index < -0.39 is 17.8 Å². The van der Waals surface area contributed by atoms with E-state index in [0.717, 1.165) is 11.1 Å². The van der Waals surface area contributed by atoms with Crippen molar-refractivity contribution in [3.63, 3.8) is 0 Å². The van der Waals surface area contributed by atoms with Crippen molar-refractivity contribution < 1.29 is 14.3 Å². The minimum absolute atomic E-state index is 0.177. The fraction of sp³-hybridized carbons (Fsp3) is 0.364. The molecular formula is C22H26FN5O2. The van der Waals surface area contributed by atoms with Gasteiger partial charge in [0.05, 0.1) is 5.92 Å². The summed E-state index contributed by atoms with van der Waals surface area (Å²) in [4.78, 5) is 12.0. The van der Waals surface area contributed by atoms with Crippen LogP contribution in [0.1, 0.15) is 43.1 Å². The summed E-state index contributed by atoms with van der Waals surface area (Å²) in [5.74, 6) is -2.00. The first-order chi connectivity index (χ1) is 14.4. The number of tetrazole rings is 1. The Labute approximate surface area is 174 Å². The molecule has 3 rings (SSSR count). The van der Waals surface area contributed by atoms with Crippen LogP contribution in [-0.2, 0) is 17.8 Å². The van der Waals surface area contributed by atoms with Gasteiger partial charge < -0.3 is 10.8 Å². The van der Waals surface area contributed by atoms with Crippen molar-refractivity contribution in [3.05, 3.63) is 65.2 Å². The van der Waals surface area contributed by atoms with Gasteiger partial charge in [0.2, 0.25) is 0 Å². The summed E-state index contributed by atoms with van der Waals surface area (Å²) in [5.41, 5.74) is 8.51. The SMILES string of the molecule is CC(C)C[C@H](C(=O)O)[C@H](Cc1ccc(-c2ccc(CN)cc2)c(F)c1)c1nn[nH]n1. The number of hydrogen-bond donors (Lipinski definition) is 3. The number of H-pyrrole nitrogens is 1. The molecule has 2 aromatic carbocycles. The zero-order valence-corrected chi connectivity index (χ0v) is 17.0. The van der Waals surface area contributed by atoms with Crippen LogP contribution in [0.5, 0.6) is 0 Å². The summed E-state index contributed by atoms with van der Waals surface area (Å²) in [5, 5.41) is 23.8. The molecule has 0 saturated carbocycles. The van der Waals surface area contributed by atoms with Gasteiger partial charge in [0.25, 0.3) is 0 Å². The fourth-order valence-corrected chi connectivity index (χ4v) is 3.68. The first-order valence-electron chi connectivity index (χ1n) is 9.93. The van der Waals surface area contributed by atoms with Gasteiger partial charge in [-0.2, -0.15) is 5.21 Å². The third-order valence-electron chi connectivity index (χ3n) is 5.21. The molecular weight excluding hydrogens is 385 g/mol. The zero-order valence-electron chi connectivity index (χ0n) is 17.0. The molecule has 0 spiro atoms. The van der Waals surface area contributed by atoms with Crippen molar-refractivity contribution in [2.45, 2.75) is 39.2 Å². The van der Waals surface area contributed by atoms with Crippen molar-refractivity contribution in [1.82, 2.24) is 20.6 Å². The van der Waals surface area contributed by atoms with Gasteiger partial charge in [-0.05, 0) is 41.5 Å². The number of rotatable bonds is 9. The molecule has 30 heavy (non-hydrogen) atoms. The molecule has 3 aromatic rings. The molecule has 7 nitrogen and oxygen atoms in total. The first kappa shape index (κ1) is 21.6. The van der Waals surface area contributed by atoms with Gasteiger partial charge in [-0.15, -0.1) is 10.2 Å². The Morgan fingerprint density at radius 3 is 2.40 bits per heavy atom. The van der Waals surface area contributed by atoms with E-state index in [9.17, 15) is 14.3 Å². The largest absolute Gasteiger partial charge is 0.481 e. The maximum Gasteiger partial charge on any atom is 0.307 e. The first-order valence-corrected chi connectivity index (χ1v) is 9.93. The number of aromatic amines is 1. The molecule has 158 valence electrons. The van der Waals surface area contributed by atoms with E-state index in [-0.39, 0.29) is 11.7 Å². The number of carboxylic acids is 1. The van der Waals surface area contributed by atoms with Gasteiger partial charge in [-0.3, -0.25) is 4.79 Å². The van der Waals surface area contributed by atoms with Gasteiger partial charge in [-0.25, -0.2) is 4.39 Å². The lowest BCUT2D eigenvalue weighted by Gasteiger charge is -2.23. The smallest absolute Gasteiger partial charge is 0.307 e. The van der Waals surface area contributed by atoms with Crippen LogP contribution < -0.4 is 5.73 Å². The van der Waals surface area contributed by atoms with Gasteiger partial charge in [0.1, 0.15) is 5.82 Å². The van der Waals surface area contributed by atoms with E-state index in [1.165, 1.54) is 6.07 Å². The Balaban J connectivity index is 1.89. The van der Waals surface area contributed by atoms with E-state index in [1.54, 1.807) is 6.07 Å². The van der Waals surface area contributed by atoms with Crippen molar-refractivity contribution in [3.8, 4) is 11.1 Å². The monoisotopic (exact) mass is 411 g/mol. The van der Waals surface area contributed by atoms with Gasteiger partial charge in [-0.1, -0.05) is 55.5 Å². The summed E-state index contributed by atoms with van der Waals surface area (Å²) >= 11 is 0. The quantitative estimate of drug-likeness (QED) is 0.496. The van der Waals surface area contributed by atoms with Crippen molar-refractivity contribution in [1.29, 1.82) is 0 Å².